The van der Waals surface area contributed by atoms with Crippen molar-refractivity contribution in [2.45, 2.75) is 19.9 Å². The van der Waals surface area contributed by atoms with Gasteiger partial charge in [0.15, 0.2) is 0 Å². The molecule has 144 valence electrons. The van der Waals surface area contributed by atoms with Gasteiger partial charge in [-0.15, -0.1) is 0 Å². The Kier molecular flexibility index (Phi) is 6.96. The summed E-state index contributed by atoms with van der Waals surface area (Å²) < 4.78 is 5.56. The number of nitrogens with one attached hydrogen (secondary N) is 1. The summed E-state index contributed by atoms with van der Waals surface area (Å²) in [5, 5.41) is 3.44. The van der Waals surface area contributed by atoms with E-state index < -0.39 is 0 Å². The van der Waals surface area contributed by atoms with Gasteiger partial charge in [0.1, 0.15) is 5.75 Å². The number of amides is 2. The molecule has 27 heavy (non-hydrogen) atoms. The molecule has 1 saturated heterocycles. The number of carbonyl (C=O) groups excluding carboxylic acids is 1. The quantitative estimate of drug-likeness (QED) is 0.794. The predicted molar refractivity (Wildman–Crippen MR) is 110 cm³/mol. The van der Waals surface area contributed by atoms with Crippen molar-refractivity contribution in [1.29, 1.82) is 0 Å². The molecule has 0 bridgehead atoms. The summed E-state index contributed by atoms with van der Waals surface area (Å²) in [4.78, 5) is 16.7. The molecule has 0 aliphatic carbocycles. The van der Waals surface area contributed by atoms with E-state index >= 15 is 0 Å². The third-order valence-electron chi connectivity index (χ3n) is 4.55. The van der Waals surface area contributed by atoms with Crippen LogP contribution in [0.4, 0.5) is 10.5 Å². The van der Waals surface area contributed by atoms with E-state index in [2.05, 4.69) is 34.5 Å². The highest BCUT2D eigenvalue weighted by Crippen LogP contribution is 2.28. The van der Waals surface area contributed by atoms with Gasteiger partial charge in [0.05, 0.1) is 11.6 Å². The zero-order valence-electron chi connectivity index (χ0n) is 15.7. The van der Waals surface area contributed by atoms with Gasteiger partial charge in [0.2, 0.25) is 0 Å². The number of benzene rings is 2. The Bertz CT molecular complexity index is 746. The van der Waals surface area contributed by atoms with E-state index in [-0.39, 0.29) is 6.03 Å². The van der Waals surface area contributed by atoms with Crippen LogP contribution in [0.3, 0.4) is 0 Å². The fourth-order valence-corrected chi connectivity index (χ4v) is 3.30. The number of ether oxygens (including phenoxy) is 1. The summed E-state index contributed by atoms with van der Waals surface area (Å²) in [6.45, 7) is 6.75. The van der Waals surface area contributed by atoms with Crippen LogP contribution in [0.2, 0.25) is 5.02 Å². The molecule has 1 aliphatic rings. The Balaban J connectivity index is 1.48. The Morgan fingerprint density at radius 1 is 1.11 bits per heavy atom. The number of rotatable bonds is 6. The molecule has 1 aliphatic heterocycles. The summed E-state index contributed by atoms with van der Waals surface area (Å²) in [5.74, 6) is 0.644. The molecule has 2 aromatic rings. The van der Waals surface area contributed by atoms with Crippen LogP contribution >= 0.6 is 11.6 Å². The molecule has 0 spiro atoms. The molecule has 2 amide bonds. The second kappa shape index (κ2) is 9.62. The van der Waals surface area contributed by atoms with Crippen LogP contribution in [0.5, 0.6) is 5.75 Å². The van der Waals surface area contributed by atoms with Crippen molar-refractivity contribution in [1.82, 2.24) is 9.80 Å². The van der Waals surface area contributed by atoms with Gasteiger partial charge >= 0.3 is 6.03 Å². The average Bonchev–Trinajstić information content (AvgIpc) is 2.69. The maximum absolute atomic E-state index is 12.5. The Morgan fingerprint density at radius 2 is 1.85 bits per heavy atom. The molecule has 3 rings (SSSR count). The van der Waals surface area contributed by atoms with E-state index in [0.29, 0.717) is 36.2 Å². The summed E-state index contributed by atoms with van der Waals surface area (Å²) in [6.07, 6.45) is 0.922. The number of anilines is 1. The lowest BCUT2D eigenvalue weighted by Gasteiger charge is -2.34. The van der Waals surface area contributed by atoms with Crippen LogP contribution in [0.1, 0.15) is 18.9 Å². The fourth-order valence-electron chi connectivity index (χ4n) is 3.06. The van der Waals surface area contributed by atoms with Crippen molar-refractivity contribution in [2.24, 2.45) is 0 Å². The molecule has 0 unspecified atom stereocenters. The number of piperazine rings is 1. The average molecular weight is 388 g/mol. The Morgan fingerprint density at radius 3 is 2.52 bits per heavy atom. The van der Waals surface area contributed by atoms with Gasteiger partial charge in [0.25, 0.3) is 0 Å². The topological polar surface area (TPSA) is 44.8 Å². The summed E-state index contributed by atoms with van der Waals surface area (Å²) >= 11 is 6.23. The van der Waals surface area contributed by atoms with Crippen molar-refractivity contribution in [3.63, 3.8) is 0 Å². The standard InChI is InChI=1S/C21H26ClN3O2/c1-2-14-27-20-9-8-18(15-19(20)22)23-21(26)25-12-10-24(11-13-25)16-17-6-4-3-5-7-17/h3-9,15H,2,10-14,16H2,1H3,(H,23,26). The highest BCUT2D eigenvalue weighted by molar-refractivity contribution is 6.32. The van der Waals surface area contributed by atoms with Gasteiger partial charge in [0, 0.05) is 38.4 Å². The van der Waals surface area contributed by atoms with Gasteiger partial charge in [-0.3, -0.25) is 4.90 Å². The molecule has 1 N–H and O–H groups in total. The number of halogens is 1. The second-order valence-corrected chi connectivity index (χ2v) is 7.08. The molecule has 0 aromatic heterocycles. The maximum Gasteiger partial charge on any atom is 0.321 e. The number of carbonyl (C=O) groups is 1. The minimum Gasteiger partial charge on any atom is -0.492 e. The van der Waals surface area contributed by atoms with Gasteiger partial charge in [-0.05, 0) is 30.2 Å². The predicted octanol–water partition coefficient (Wildman–Crippen LogP) is 4.48. The normalized spacial score (nSPS) is 14.8. The lowest BCUT2D eigenvalue weighted by atomic mass is 10.2. The van der Waals surface area contributed by atoms with Crippen molar-refractivity contribution < 1.29 is 9.53 Å². The zero-order valence-corrected chi connectivity index (χ0v) is 16.4. The van der Waals surface area contributed by atoms with Crippen LogP contribution in [-0.4, -0.2) is 48.6 Å². The van der Waals surface area contributed by atoms with Crippen molar-refractivity contribution in [2.75, 3.05) is 38.1 Å². The third kappa shape index (κ3) is 5.62. The van der Waals surface area contributed by atoms with Crippen LogP contribution in [0.25, 0.3) is 0 Å². The van der Waals surface area contributed by atoms with E-state index in [0.717, 1.165) is 26.1 Å². The molecule has 0 radical (unpaired) electrons. The minimum atomic E-state index is -0.0901. The van der Waals surface area contributed by atoms with E-state index in [1.54, 1.807) is 12.1 Å². The maximum atomic E-state index is 12.5. The number of hydrogen-bond acceptors (Lipinski definition) is 3. The van der Waals surface area contributed by atoms with Crippen LogP contribution in [-0.2, 0) is 6.54 Å². The van der Waals surface area contributed by atoms with E-state index in [1.807, 2.05) is 24.0 Å². The molecule has 1 fully saturated rings. The monoisotopic (exact) mass is 387 g/mol. The Labute approximate surface area is 165 Å². The molecule has 5 nitrogen and oxygen atoms in total. The lowest BCUT2D eigenvalue weighted by Crippen LogP contribution is -2.49. The first-order valence-corrected chi connectivity index (χ1v) is 9.78. The van der Waals surface area contributed by atoms with Crippen LogP contribution in [0.15, 0.2) is 48.5 Å². The van der Waals surface area contributed by atoms with E-state index in [4.69, 9.17) is 16.3 Å². The SMILES string of the molecule is CCCOc1ccc(NC(=O)N2CCN(Cc3ccccc3)CC2)cc1Cl. The molecule has 6 heteroatoms. The minimum absolute atomic E-state index is 0.0901. The molecule has 0 atom stereocenters. The highest BCUT2D eigenvalue weighted by Gasteiger charge is 2.21. The first kappa shape index (κ1) is 19.5. The summed E-state index contributed by atoms with van der Waals surface area (Å²) in [7, 11) is 0. The van der Waals surface area contributed by atoms with Gasteiger partial charge in [-0.2, -0.15) is 0 Å². The summed E-state index contributed by atoms with van der Waals surface area (Å²) in [5.41, 5.74) is 1.98. The number of nitrogens with zero attached hydrogens (tertiary/aromatic N) is 2. The third-order valence-corrected chi connectivity index (χ3v) is 4.85. The summed E-state index contributed by atoms with van der Waals surface area (Å²) in [6, 6.07) is 15.7. The first-order valence-electron chi connectivity index (χ1n) is 9.40. The smallest absolute Gasteiger partial charge is 0.321 e. The van der Waals surface area contributed by atoms with Crippen molar-refractivity contribution in [3.05, 3.63) is 59.1 Å². The zero-order chi connectivity index (χ0) is 19.1. The molecule has 2 aromatic carbocycles. The lowest BCUT2D eigenvalue weighted by molar-refractivity contribution is 0.143. The van der Waals surface area contributed by atoms with Crippen molar-refractivity contribution in [3.8, 4) is 5.75 Å². The molecular weight excluding hydrogens is 362 g/mol. The Hall–Kier alpha value is -2.24. The van der Waals surface area contributed by atoms with Gasteiger partial charge in [-0.25, -0.2) is 4.79 Å². The number of urea groups is 1. The molecular formula is C21H26ClN3O2. The highest BCUT2D eigenvalue weighted by atomic mass is 35.5. The first-order chi connectivity index (χ1) is 13.2. The van der Waals surface area contributed by atoms with Crippen LogP contribution < -0.4 is 10.1 Å². The molecule has 1 heterocycles. The largest absolute Gasteiger partial charge is 0.492 e. The van der Waals surface area contributed by atoms with Gasteiger partial charge in [-0.1, -0.05) is 48.9 Å². The second-order valence-electron chi connectivity index (χ2n) is 6.67. The number of hydrogen-bond donors (Lipinski definition) is 1. The molecule has 0 saturated carbocycles. The van der Waals surface area contributed by atoms with Crippen molar-refractivity contribution >= 4 is 23.3 Å². The fraction of sp³-hybridized carbons (Fsp3) is 0.381. The van der Waals surface area contributed by atoms with Crippen LogP contribution in [0, 0.1) is 0 Å². The van der Waals surface area contributed by atoms with E-state index in [9.17, 15) is 4.79 Å². The van der Waals surface area contributed by atoms with Gasteiger partial charge < -0.3 is 15.0 Å². The van der Waals surface area contributed by atoms with E-state index in [1.165, 1.54) is 5.56 Å².